The maximum absolute atomic E-state index is 10.3. The van der Waals surface area contributed by atoms with Gasteiger partial charge < -0.3 is 14.1 Å². The molecule has 3 atom stereocenters. The zero-order chi connectivity index (χ0) is 14.4. The summed E-state index contributed by atoms with van der Waals surface area (Å²) in [6.45, 7) is 6.08. The molecule has 0 aromatic heterocycles. The summed E-state index contributed by atoms with van der Waals surface area (Å²) in [4.78, 5) is 0. The number of hydrogen-bond donors (Lipinski definition) is 1. The molecule has 0 heterocycles. The molecule has 4 bridgehead atoms. The van der Waals surface area contributed by atoms with Gasteiger partial charge in [-0.3, -0.25) is 0 Å². The molecule has 116 valence electrons. The average Bonchev–Trinajstić information content (AvgIpc) is 2.22. The second kappa shape index (κ2) is 5.04. The molecular formula is C15H26NO3S-. The van der Waals surface area contributed by atoms with Crippen LogP contribution < -0.4 is 5.32 Å². The first-order valence-corrected chi connectivity index (χ1v) is 8.80. The second-order valence-corrected chi connectivity index (χ2v) is 8.86. The molecule has 4 saturated carbocycles. The van der Waals surface area contributed by atoms with Crippen LogP contribution in [0.25, 0.3) is 0 Å². The van der Waals surface area contributed by atoms with Crippen molar-refractivity contribution >= 4 is 11.4 Å². The highest BCUT2D eigenvalue weighted by Gasteiger charge is 2.59. The third-order valence-corrected chi connectivity index (χ3v) is 5.99. The molecular weight excluding hydrogens is 274 g/mol. The quantitative estimate of drug-likeness (QED) is 0.605. The van der Waals surface area contributed by atoms with Gasteiger partial charge in [0.1, 0.15) is 0 Å². The van der Waals surface area contributed by atoms with Crippen molar-refractivity contribution in [3.63, 3.8) is 0 Å². The third kappa shape index (κ3) is 2.96. The standard InChI is InChI=1S/C15H27NO3S/c1-13-6-12-7-14(2,9-13)11-15(8-12,10-13)16-4-3-5-19-20(17)18/h12,16H,3-11H2,1-2H3,(H,17,18)/p-1. The normalized spacial score (nSPS) is 47.6. The van der Waals surface area contributed by atoms with E-state index in [4.69, 9.17) is 0 Å². The lowest BCUT2D eigenvalue weighted by molar-refractivity contribution is -0.117. The van der Waals surface area contributed by atoms with Crippen LogP contribution in [0, 0.1) is 16.7 Å². The lowest BCUT2D eigenvalue weighted by Crippen LogP contribution is -2.64. The average molecular weight is 300 g/mol. The van der Waals surface area contributed by atoms with Crippen LogP contribution in [0.15, 0.2) is 0 Å². The van der Waals surface area contributed by atoms with Crippen molar-refractivity contribution in [2.75, 3.05) is 13.2 Å². The molecule has 1 N–H and O–H groups in total. The highest BCUT2D eigenvalue weighted by atomic mass is 32.2. The van der Waals surface area contributed by atoms with Crippen LogP contribution in [0.5, 0.6) is 0 Å². The van der Waals surface area contributed by atoms with Crippen LogP contribution in [-0.2, 0) is 15.5 Å². The van der Waals surface area contributed by atoms with E-state index in [1.165, 1.54) is 38.5 Å². The number of nitrogens with one attached hydrogen (secondary N) is 1. The first kappa shape index (κ1) is 14.9. The Bertz CT molecular complexity index is 396. The molecule has 4 nitrogen and oxygen atoms in total. The largest absolute Gasteiger partial charge is 0.750 e. The van der Waals surface area contributed by atoms with Crippen molar-refractivity contribution in [2.45, 2.75) is 64.3 Å². The Hall–Kier alpha value is 0.0300. The van der Waals surface area contributed by atoms with Crippen LogP contribution >= 0.6 is 0 Å². The van der Waals surface area contributed by atoms with Crippen LogP contribution in [0.1, 0.15) is 58.8 Å². The van der Waals surface area contributed by atoms with Crippen molar-refractivity contribution in [3.8, 4) is 0 Å². The molecule has 5 heteroatoms. The van der Waals surface area contributed by atoms with Crippen LogP contribution in [0.3, 0.4) is 0 Å². The minimum Gasteiger partial charge on any atom is -0.750 e. The summed E-state index contributed by atoms with van der Waals surface area (Å²) in [5.41, 5.74) is 1.35. The zero-order valence-corrected chi connectivity index (χ0v) is 13.4. The molecule has 0 radical (unpaired) electrons. The third-order valence-electron chi connectivity index (χ3n) is 5.63. The van der Waals surface area contributed by atoms with E-state index in [1.807, 2.05) is 0 Å². The molecule has 0 amide bonds. The maximum Gasteiger partial charge on any atom is 0.0842 e. The smallest absolute Gasteiger partial charge is 0.0842 e. The summed E-state index contributed by atoms with van der Waals surface area (Å²) >= 11 is -2.37. The van der Waals surface area contributed by atoms with E-state index in [9.17, 15) is 8.76 Å². The van der Waals surface area contributed by atoms with Crippen LogP contribution in [0.4, 0.5) is 0 Å². The summed E-state index contributed by atoms with van der Waals surface area (Å²) in [5.74, 6) is 0.888. The van der Waals surface area contributed by atoms with Crippen LogP contribution in [-0.4, -0.2) is 27.5 Å². The van der Waals surface area contributed by atoms with E-state index < -0.39 is 11.4 Å². The molecule has 0 aromatic rings. The van der Waals surface area contributed by atoms with Crippen molar-refractivity contribution in [2.24, 2.45) is 16.7 Å². The molecule has 0 aromatic carbocycles. The maximum atomic E-state index is 10.3. The molecule has 4 fully saturated rings. The van der Waals surface area contributed by atoms with Crippen molar-refractivity contribution in [1.29, 1.82) is 0 Å². The van der Waals surface area contributed by atoms with Crippen molar-refractivity contribution in [1.82, 2.24) is 5.32 Å². The van der Waals surface area contributed by atoms with Gasteiger partial charge in [0.05, 0.1) is 18.0 Å². The van der Waals surface area contributed by atoms with Gasteiger partial charge in [0.2, 0.25) is 0 Å². The second-order valence-electron chi connectivity index (χ2n) is 8.22. The fraction of sp³-hybridized carbons (Fsp3) is 1.00. The Morgan fingerprint density at radius 3 is 2.40 bits per heavy atom. The van der Waals surface area contributed by atoms with Gasteiger partial charge in [0.15, 0.2) is 0 Å². The highest BCUT2D eigenvalue weighted by molar-refractivity contribution is 7.74. The minimum atomic E-state index is -2.37. The van der Waals surface area contributed by atoms with Gasteiger partial charge in [-0.05, 0) is 68.2 Å². The topological polar surface area (TPSA) is 61.4 Å². The van der Waals surface area contributed by atoms with Crippen LogP contribution in [0.2, 0.25) is 0 Å². The molecule has 4 aliphatic rings. The van der Waals surface area contributed by atoms with Gasteiger partial charge in [0.25, 0.3) is 0 Å². The summed E-state index contributed by atoms with van der Waals surface area (Å²) in [7, 11) is 0. The van der Waals surface area contributed by atoms with Gasteiger partial charge in [-0.15, -0.1) is 0 Å². The monoisotopic (exact) mass is 300 g/mol. The van der Waals surface area contributed by atoms with E-state index in [1.54, 1.807) is 0 Å². The molecule has 3 unspecified atom stereocenters. The molecule has 0 spiro atoms. The predicted octanol–water partition coefficient (Wildman–Crippen LogP) is 2.53. The lowest BCUT2D eigenvalue weighted by atomic mass is 9.43. The Kier molecular flexibility index (Phi) is 3.77. The van der Waals surface area contributed by atoms with Gasteiger partial charge in [-0.1, -0.05) is 13.8 Å². The molecule has 4 rings (SSSR count). The van der Waals surface area contributed by atoms with Gasteiger partial charge in [-0.2, -0.15) is 0 Å². The lowest BCUT2D eigenvalue weighted by Gasteiger charge is -2.65. The van der Waals surface area contributed by atoms with Crippen molar-refractivity contribution < 1.29 is 12.9 Å². The summed E-state index contributed by atoms with van der Waals surface area (Å²) < 4.78 is 25.2. The predicted molar refractivity (Wildman–Crippen MR) is 77.6 cm³/mol. The van der Waals surface area contributed by atoms with Gasteiger partial charge in [0, 0.05) is 5.54 Å². The molecule has 0 saturated heterocycles. The summed E-state index contributed by atoms with van der Waals surface area (Å²) in [5, 5.41) is 3.77. The van der Waals surface area contributed by atoms with E-state index in [2.05, 4.69) is 23.3 Å². The van der Waals surface area contributed by atoms with E-state index in [0.29, 0.717) is 16.4 Å². The van der Waals surface area contributed by atoms with E-state index >= 15 is 0 Å². The Labute approximate surface area is 124 Å². The Morgan fingerprint density at radius 2 is 1.85 bits per heavy atom. The van der Waals surface area contributed by atoms with Gasteiger partial charge in [-0.25, -0.2) is 4.21 Å². The zero-order valence-electron chi connectivity index (χ0n) is 12.6. The SMILES string of the molecule is CC12CC3CC(C)(C1)CC(NCCCOS(=O)[O-])(C3)C2. The fourth-order valence-electron chi connectivity index (χ4n) is 6.20. The minimum absolute atomic E-state index is 0.289. The first-order valence-electron chi connectivity index (χ1n) is 7.80. The summed E-state index contributed by atoms with van der Waals surface area (Å²) in [6.07, 6.45) is 8.86. The number of rotatable bonds is 6. The van der Waals surface area contributed by atoms with Gasteiger partial charge >= 0.3 is 0 Å². The van der Waals surface area contributed by atoms with E-state index in [0.717, 1.165) is 18.9 Å². The molecule has 0 aliphatic heterocycles. The Balaban J connectivity index is 1.57. The first-order chi connectivity index (χ1) is 9.32. The summed E-state index contributed by atoms with van der Waals surface area (Å²) in [6, 6.07) is 0. The molecule has 4 aliphatic carbocycles. The highest BCUT2D eigenvalue weighted by Crippen LogP contribution is 2.66. The van der Waals surface area contributed by atoms with Crippen molar-refractivity contribution in [3.05, 3.63) is 0 Å². The number of hydrogen-bond acceptors (Lipinski definition) is 4. The Morgan fingerprint density at radius 1 is 1.20 bits per heavy atom. The molecule has 20 heavy (non-hydrogen) atoms. The fourth-order valence-corrected chi connectivity index (χ4v) is 6.45. The van der Waals surface area contributed by atoms with E-state index in [-0.39, 0.29) is 6.61 Å².